The second kappa shape index (κ2) is 5.37. The van der Waals surface area contributed by atoms with Gasteiger partial charge in [0.1, 0.15) is 0 Å². The normalized spacial score (nSPS) is 18.1. The molecule has 5 heteroatoms. The number of para-hydroxylation sites is 1. The summed E-state index contributed by atoms with van der Waals surface area (Å²) >= 11 is 0. The van der Waals surface area contributed by atoms with Crippen LogP contribution in [0.4, 0.5) is 10.5 Å². The number of amides is 2. The van der Waals surface area contributed by atoms with Gasteiger partial charge in [-0.25, -0.2) is 4.79 Å². The van der Waals surface area contributed by atoms with Gasteiger partial charge in [-0.3, -0.25) is 0 Å². The zero-order chi connectivity index (χ0) is 13.0. The lowest BCUT2D eigenvalue weighted by atomic mass is 9.84. The maximum Gasteiger partial charge on any atom is 0.318 e. The number of nitrogens with one attached hydrogen (secondary N) is 3. The molecule has 0 spiro atoms. The second-order valence-corrected chi connectivity index (χ2v) is 4.53. The maximum absolute atomic E-state index is 11.4. The third kappa shape index (κ3) is 2.63. The molecule has 0 radical (unpaired) electrons. The van der Waals surface area contributed by atoms with Crippen molar-refractivity contribution in [2.75, 3.05) is 25.5 Å². The van der Waals surface area contributed by atoms with E-state index in [1.807, 2.05) is 24.3 Å². The van der Waals surface area contributed by atoms with Crippen LogP contribution >= 0.6 is 0 Å². The van der Waals surface area contributed by atoms with E-state index in [0.717, 1.165) is 18.7 Å². The molecule has 0 bridgehead atoms. The van der Waals surface area contributed by atoms with Crippen molar-refractivity contribution in [2.45, 2.75) is 18.4 Å². The van der Waals surface area contributed by atoms with Crippen LogP contribution in [0.2, 0.25) is 0 Å². The Labute approximate surface area is 107 Å². The Morgan fingerprint density at radius 1 is 1.33 bits per heavy atom. The van der Waals surface area contributed by atoms with Crippen molar-refractivity contribution in [3.8, 4) is 0 Å². The van der Waals surface area contributed by atoms with Gasteiger partial charge >= 0.3 is 6.03 Å². The first-order valence-corrected chi connectivity index (χ1v) is 6.17. The summed E-state index contributed by atoms with van der Waals surface area (Å²) in [6.45, 7) is 1.57. The number of anilines is 1. The molecule has 0 unspecified atom stereocenters. The molecule has 1 aromatic carbocycles. The molecular weight excluding hydrogens is 230 g/mol. The molecule has 1 heterocycles. The summed E-state index contributed by atoms with van der Waals surface area (Å²) in [6.07, 6.45) is 1.30. The largest absolute Gasteiger partial charge is 0.385 e. The van der Waals surface area contributed by atoms with Gasteiger partial charge in [0.25, 0.3) is 0 Å². The summed E-state index contributed by atoms with van der Waals surface area (Å²) in [5, 5.41) is 19.2. The first-order valence-electron chi connectivity index (χ1n) is 6.17. The number of benzene rings is 1. The predicted molar refractivity (Wildman–Crippen MR) is 70.5 cm³/mol. The molecule has 98 valence electrons. The topological polar surface area (TPSA) is 73.4 Å². The summed E-state index contributed by atoms with van der Waals surface area (Å²) < 4.78 is 0. The van der Waals surface area contributed by atoms with E-state index in [9.17, 15) is 9.90 Å². The lowest BCUT2D eigenvalue weighted by molar-refractivity contribution is 0.00663. The highest BCUT2D eigenvalue weighted by Gasteiger charge is 2.33. The van der Waals surface area contributed by atoms with Crippen LogP contribution < -0.4 is 16.0 Å². The van der Waals surface area contributed by atoms with Gasteiger partial charge in [0.05, 0.1) is 5.60 Å². The Morgan fingerprint density at radius 3 is 2.67 bits per heavy atom. The van der Waals surface area contributed by atoms with Crippen LogP contribution in [0.5, 0.6) is 0 Å². The number of aliphatic hydroxyl groups is 1. The number of carbonyl (C=O) groups is 1. The number of rotatable bonds is 2. The number of piperidine rings is 1. The Balaban J connectivity index is 2.28. The molecule has 2 rings (SSSR count). The lowest BCUT2D eigenvalue weighted by Gasteiger charge is -2.34. The van der Waals surface area contributed by atoms with E-state index in [2.05, 4.69) is 16.0 Å². The molecule has 1 aliphatic heterocycles. The molecule has 5 nitrogen and oxygen atoms in total. The zero-order valence-corrected chi connectivity index (χ0v) is 10.5. The van der Waals surface area contributed by atoms with Crippen LogP contribution in [0.3, 0.4) is 0 Å². The average molecular weight is 249 g/mol. The SMILES string of the molecule is CNC(=O)Nc1ccccc1C1(O)CCNCC1. The minimum Gasteiger partial charge on any atom is -0.385 e. The van der Waals surface area contributed by atoms with Crippen molar-refractivity contribution in [3.05, 3.63) is 29.8 Å². The Morgan fingerprint density at radius 2 is 2.00 bits per heavy atom. The van der Waals surface area contributed by atoms with Gasteiger partial charge in [0.15, 0.2) is 0 Å². The first-order chi connectivity index (χ1) is 8.65. The molecule has 18 heavy (non-hydrogen) atoms. The van der Waals surface area contributed by atoms with Crippen LogP contribution in [-0.4, -0.2) is 31.3 Å². The van der Waals surface area contributed by atoms with E-state index >= 15 is 0 Å². The summed E-state index contributed by atoms with van der Waals surface area (Å²) in [4.78, 5) is 11.4. The lowest BCUT2D eigenvalue weighted by Crippen LogP contribution is -2.40. The highest BCUT2D eigenvalue weighted by atomic mass is 16.3. The van der Waals surface area contributed by atoms with Gasteiger partial charge in [-0.2, -0.15) is 0 Å². The van der Waals surface area contributed by atoms with Gasteiger partial charge in [0, 0.05) is 18.3 Å². The molecule has 0 atom stereocenters. The number of carbonyl (C=O) groups excluding carboxylic acids is 1. The van der Waals surface area contributed by atoms with E-state index in [1.165, 1.54) is 0 Å². The average Bonchev–Trinajstić information content (AvgIpc) is 2.40. The third-order valence-electron chi connectivity index (χ3n) is 3.33. The monoisotopic (exact) mass is 249 g/mol. The van der Waals surface area contributed by atoms with Crippen LogP contribution in [0.1, 0.15) is 18.4 Å². The Hall–Kier alpha value is -1.59. The van der Waals surface area contributed by atoms with Crippen LogP contribution in [0.15, 0.2) is 24.3 Å². The Bertz CT molecular complexity index is 428. The summed E-state index contributed by atoms with van der Waals surface area (Å²) in [6, 6.07) is 7.13. The minimum absolute atomic E-state index is 0.278. The van der Waals surface area contributed by atoms with Crippen LogP contribution in [0.25, 0.3) is 0 Å². The van der Waals surface area contributed by atoms with Crippen LogP contribution in [0, 0.1) is 0 Å². The van der Waals surface area contributed by atoms with Gasteiger partial charge < -0.3 is 21.1 Å². The molecule has 0 aliphatic carbocycles. The molecular formula is C13H19N3O2. The second-order valence-electron chi connectivity index (χ2n) is 4.53. The quantitative estimate of drug-likeness (QED) is 0.632. The third-order valence-corrected chi connectivity index (χ3v) is 3.33. The molecule has 1 aromatic rings. The predicted octanol–water partition coefficient (Wildman–Crippen LogP) is 1.01. The Kier molecular flexibility index (Phi) is 3.84. The maximum atomic E-state index is 11.4. The molecule has 0 aromatic heterocycles. The summed E-state index contributed by atoms with van der Waals surface area (Å²) in [7, 11) is 1.57. The van der Waals surface area contributed by atoms with Gasteiger partial charge in [-0.05, 0) is 32.0 Å². The van der Waals surface area contributed by atoms with Crippen molar-refractivity contribution in [2.24, 2.45) is 0 Å². The zero-order valence-electron chi connectivity index (χ0n) is 10.5. The van der Waals surface area contributed by atoms with Gasteiger partial charge in [0.2, 0.25) is 0 Å². The van der Waals surface area contributed by atoms with Crippen molar-refractivity contribution >= 4 is 11.7 Å². The molecule has 2 amide bonds. The molecule has 0 saturated carbocycles. The molecule has 1 fully saturated rings. The van der Waals surface area contributed by atoms with E-state index in [1.54, 1.807) is 7.05 Å². The fraction of sp³-hybridized carbons (Fsp3) is 0.462. The number of hydrogen-bond acceptors (Lipinski definition) is 3. The number of urea groups is 1. The van der Waals surface area contributed by atoms with Gasteiger partial charge in [-0.15, -0.1) is 0 Å². The first kappa shape index (κ1) is 12.9. The van der Waals surface area contributed by atoms with E-state index in [0.29, 0.717) is 18.5 Å². The van der Waals surface area contributed by atoms with Crippen molar-refractivity contribution in [1.82, 2.24) is 10.6 Å². The minimum atomic E-state index is -0.858. The molecule has 4 N–H and O–H groups in total. The molecule has 1 saturated heterocycles. The summed E-state index contributed by atoms with van der Waals surface area (Å²) in [5.74, 6) is 0. The van der Waals surface area contributed by atoms with Crippen LogP contribution in [-0.2, 0) is 5.60 Å². The highest BCUT2D eigenvalue weighted by molar-refractivity contribution is 5.90. The van der Waals surface area contributed by atoms with Gasteiger partial charge in [-0.1, -0.05) is 18.2 Å². The summed E-state index contributed by atoms with van der Waals surface area (Å²) in [5.41, 5.74) is 0.597. The fourth-order valence-electron chi connectivity index (χ4n) is 2.29. The van der Waals surface area contributed by atoms with E-state index < -0.39 is 5.60 Å². The fourth-order valence-corrected chi connectivity index (χ4v) is 2.29. The van der Waals surface area contributed by atoms with Crippen molar-refractivity contribution in [3.63, 3.8) is 0 Å². The smallest absolute Gasteiger partial charge is 0.318 e. The van der Waals surface area contributed by atoms with Crippen molar-refractivity contribution < 1.29 is 9.90 Å². The van der Waals surface area contributed by atoms with E-state index in [-0.39, 0.29) is 6.03 Å². The highest BCUT2D eigenvalue weighted by Crippen LogP contribution is 2.35. The standard InChI is InChI=1S/C13H19N3O2/c1-14-12(17)16-11-5-3-2-4-10(11)13(18)6-8-15-9-7-13/h2-5,15,18H,6-9H2,1H3,(H2,14,16,17). The van der Waals surface area contributed by atoms with E-state index in [4.69, 9.17) is 0 Å². The number of hydrogen-bond donors (Lipinski definition) is 4. The van der Waals surface area contributed by atoms with Crippen molar-refractivity contribution in [1.29, 1.82) is 0 Å². The molecule has 1 aliphatic rings.